The molecule has 2 heterocycles. The predicted octanol–water partition coefficient (Wildman–Crippen LogP) is 3.21. The minimum atomic E-state index is -1.45. The fourth-order valence-corrected chi connectivity index (χ4v) is 4.18. The van der Waals surface area contributed by atoms with Crippen molar-refractivity contribution in [2.75, 3.05) is 6.61 Å². The maximum absolute atomic E-state index is 13.5. The number of aliphatic hydroxyl groups is 1. The molecule has 4 atom stereocenters. The van der Waals surface area contributed by atoms with Crippen LogP contribution in [0.2, 0.25) is 0 Å². The van der Waals surface area contributed by atoms with E-state index in [9.17, 15) is 24.3 Å². The molecule has 2 aliphatic rings. The van der Waals surface area contributed by atoms with Gasteiger partial charge in [-0.3, -0.25) is 9.69 Å². The molecule has 2 saturated heterocycles. The fourth-order valence-electron chi connectivity index (χ4n) is 4.18. The van der Waals surface area contributed by atoms with Gasteiger partial charge in [0.25, 0.3) is 0 Å². The summed E-state index contributed by atoms with van der Waals surface area (Å²) in [5, 5.41) is 11.4. The lowest BCUT2D eigenvalue weighted by molar-refractivity contribution is -0.161. The van der Waals surface area contributed by atoms with E-state index in [4.69, 9.17) is 18.9 Å². The van der Waals surface area contributed by atoms with Crippen molar-refractivity contribution in [3.05, 3.63) is 0 Å². The highest BCUT2D eigenvalue weighted by molar-refractivity contribution is 6.01. The van der Waals surface area contributed by atoms with Gasteiger partial charge in [-0.2, -0.15) is 0 Å². The molecule has 3 amide bonds. The van der Waals surface area contributed by atoms with Crippen LogP contribution in [0.15, 0.2) is 0 Å². The third kappa shape index (κ3) is 7.09. The van der Waals surface area contributed by atoms with Gasteiger partial charge in [-0.05, 0) is 82.6 Å². The standard InChI is InChI=1S/C25H42N2O9/c1-22(2,3)34-19(30)15-12-14(18(29)26(15)20(31)35-23(4,5)6)17(28)16-13-33-25(10,11)27(16)21(32)36-24(7,8)9/h14-17,28H,12-13H2,1-11H3/t14-,15-,16+,17-/m0/s1. The zero-order chi connectivity index (χ0) is 28.0. The molecule has 0 bridgehead atoms. The molecule has 1 N–H and O–H groups in total. The van der Waals surface area contributed by atoms with Gasteiger partial charge >= 0.3 is 18.2 Å². The first-order chi connectivity index (χ1) is 16.0. The molecule has 0 unspecified atom stereocenters. The van der Waals surface area contributed by atoms with Crippen molar-refractivity contribution in [3.8, 4) is 0 Å². The van der Waals surface area contributed by atoms with Gasteiger partial charge in [-0.25, -0.2) is 19.3 Å². The molecule has 0 saturated carbocycles. The number of carbonyl (C=O) groups is 4. The lowest BCUT2D eigenvalue weighted by Crippen LogP contribution is -2.55. The van der Waals surface area contributed by atoms with Gasteiger partial charge in [0, 0.05) is 0 Å². The first-order valence-corrected chi connectivity index (χ1v) is 12.2. The molecule has 2 aliphatic heterocycles. The maximum Gasteiger partial charge on any atom is 0.417 e. The van der Waals surface area contributed by atoms with Crippen LogP contribution < -0.4 is 0 Å². The second-order valence-corrected chi connectivity index (χ2v) is 12.7. The average Bonchev–Trinajstić information content (AvgIpc) is 3.13. The summed E-state index contributed by atoms with van der Waals surface area (Å²) in [4.78, 5) is 54.4. The third-order valence-corrected chi connectivity index (χ3v) is 5.53. The van der Waals surface area contributed by atoms with Gasteiger partial charge in [-0.1, -0.05) is 0 Å². The Labute approximate surface area is 213 Å². The van der Waals surface area contributed by atoms with E-state index >= 15 is 0 Å². The smallest absolute Gasteiger partial charge is 0.417 e. The molecule has 0 spiro atoms. The third-order valence-electron chi connectivity index (χ3n) is 5.53. The normalized spacial score (nSPS) is 25.6. The Morgan fingerprint density at radius 1 is 0.917 bits per heavy atom. The summed E-state index contributed by atoms with van der Waals surface area (Å²) in [6, 6.07) is -2.25. The highest BCUT2D eigenvalue weighted by Crippen LogP contribution is 2.37. The van der Waals surface area contributed by atoms with E-state index < -0.39 is 70.7 Å². The lowest BCUT2D eigenvalue weighted by atomic mass is 9.92. The quantitative estimate of drug-likeness (QED) is 0.445. The molecule has 36 heavy (non-hydrogen) atoms. The van der Waals surface area contributed by atoms with Gasteiger partial charge in [0.15, 0.2) is 0 Å². The Kier molecular flexibility index (Phi) is 8.13. The van der Waals surface area contributed by atoms with Gasteiger partial charge in [-0.15, -0.1) is 0 Å². The van der Waals surface area contributed by atoms with Crippen LogP contribution in [0.25, 0.3) is 0 Å². The van der Waals surface area contributed by atoms with Crippen LogP contribution in [-0.4, -0.2) is 86.3 Å². The number of nitrogens with zero attached hydrogens (tertiary/aromatic N) is 2. The van der Waals surface area contributed by atoms with E-state index in [0.717, 1.165) is 0 Å². The fraction of sp³-hybridized carbons (Fsp3) is 0.840. The van der Waals surface area contributed by atoms with Crippen molar-refractivity contribution in [2.24, 2.45) is 5.92 Å². The highest BCUT2D eigenvalue weighted by Gasteiger charge is 2.57. The van der Waals surface area contributed by atoms with Crippen molar-refractivity contribution in [1.29, 1.82) is 0 Å². The Morgan fingerprint density at radius 3 is 1.86 bits per heavy atom. The van der Waals surface area contributed by atoms with Gasteiger partial charge in [0.05, 0.1) is 24.7 Å². The summed E-state index contributed by atoms with van der Waals surface area (Å²) in [5.74, 6) is -2.77. The molecule has 0 aromatic heterocycles. The lowest BCUT2D eigenvalue weighted by Gasteiger charge is -2.37. The zero-order valence-electron chi connectivity index (χ0n) is 23.3. The van der Waals surface area contributed by atoms with Gasteiger partial charge < -0.3 is 24.1 Å². The van der Waals surface area contributed by atoms with E-state index in [2.05, 4.69) is 0 Å². The molecular formula is C25H42N2O9. The van der Waals surface area contributed by atoms with Crippen LogP contribution in [0.4, 0.5) is 9.59 Å². The number of ether oxygens (including phenoxy) is 4. The average molecular weight is 515 g/mol. The van der Waals surface area contributed by atoms with E-state index in [-0.39, 0.29) is 13.0 Å². The summed E-state index contributed by atoms with van der Waals surface area (Å²) in [6.07, 6.45) is -3.38. The summed E-state index contributed by atoms with van der Waals surface area (Å²) < 4.78 is 22.1. The Balaban J connectivity index is 2.39. The molecule has 0 radical (unpaired) electrons. The molecule has 0 aromatic rings. The van der Waals surface area contributed by atoms with Crippen molar-refractivity contribution in [1.82, 2.24) is 9.80 Å². The number of aliphatic hydroxyl groups excluding tert-OH is 1. The molecule has 11 heteroatoms. The van der Waals surface area contributed by atoms with Crippen molar-refractivity contribution in [3.63, 3.8) is 0 Å². The molecule has 0 aliphatic carbocycles. The number of rotatable bonds is 3. The number of hydrogen-bond acceptors (Lipinski definition) is 9. The van der Waals surface area contributed by atoms with E-state index in [1.807, 2.05) is 0 Å². The van der Waals surface area contributed by atoms with Crippen molar-refractivity contribution in [2.45, 2.75) is 123 Å². The van der Waals surface area contributed by atoms with E-state index in [1.165, 1.54) is 4.90 Å². The second-order valence-electron chi connectivity index (χ2n) is 12.7. The van der Waals surface area contributed by atoms with Gasteiger partial charge in [0.2, 0.25) is 5.91 Å². The predicted molar refractivity (Wildman–Crippen MR) is 129 cm³/mol. The van der Waals surface area contributed by atoms with Crippen LogP contribution in [0, 0.1) is 5.92 Å². The molecule has 0 aromatic carbocycles. The van der Waals surface area contributed by atoms with E-state index in [0.29, 0.717) is 4.90 Å². The van der Waals surface area contributed by atoms with Gasteiger partial charge in [0.1, 0.15) is 28.6 Å². The summed E-state index contributed by atoms with van der Waals surface area (Å²) in [6.45, 7) is 18.3. The van der Waals surface area contributed by atoms with Crippen molar-refractivity contribution < 1.29 is 43.2 Å². The monoisotopic (exact) mass is 514 g/mol. The number of amides is 3. The summed E-state index contributed by atoms with van der Waals surface area (Å²) in [5.41, 5.74) is -3.72. The van der Waals surface area contributed by atoms with Crippen molar-refractivity contribution >= 4 is 24.1 Å². The molecule has 2 rings (SSSR count). The van der Waals surface area contributed by atoms with Crippen LogP contribution in [-0.2, 0) is 28.5 Å². The maximum atomic E-state index is 13.5. The Hall–Kier alpha value is -2.40. The van der Waals surface area contributed by atoms with Crippen LogP contribution in [0.5, 0.6) is 0 Å². The number of carbonyl (C=O) groups excluding carboxylic acids is 4. The molecular weight excluding hydrogens is 472 g/mol. The minimum absolute atomic E-state index is 0.0687. The number of esters is 1. The van der Waals surface area contributed by atoms with E-state index in [1.54, 1.807) is 76.2 Å². The summed E-state index contributed by atoms with van der Waals surface area (Å²) in [7, 11) is 0. The number of likely N-dealkylation sites (tertiary alicyclic amines) is 1. The number of hydrogen-bond donors (Lipinski definition) is 1. The first kappa shape index (κ1) is 29.8. The molecule has 206 valence electrons. The summed E-state index contributed by atoms with van der Waals surface area (Å²) >= 11 is 0. The Morgan fingerprint density at radius 2 is 1.39 bits per heavy atom. The molecule has 2 fully saturated rings. The largest absolute Gasteiger partial charge is 0.458 e. The topological polar surface area (TPSA) is 132 Å². The SMILES string of the molecule is CC(C)(C)OC(=O)[C@@H]1C[C@@H]([C@H](O)[C@H]2COC(C)(C)N2C(=O)OC(C)(C)C)C(=O)N1C(=O)OC(C)(C)C. The Bertz CT molecular complexity index is 879. The minimum Gasteiger partial charge on any atom is -0.458 e. The number of imide groups is 1. The highest BCUT2D eigenvalue weighted by atomic mass is 16.6. The molecule has 11 nitrogen and oxygen atoms in total. The van der Waals surface area contributed by atoms with Crippen LogP contribution >= 0.6 is 0 Å². The van der Waals surface area contributed by atoms with Crippen LogP contribution in [0.3, 0.4) is 0 Å². The second kappa shape index (κ2) is 9.81. The first-order valence-electron chi connectivity index (χ1n) is 12.2. The zero-order valence-corrected chi connectivity index (χ0v) is 23.3. The van der Waals surface area contributed by atoms with Crippen LogP contribution in [0.1, 0.15) is 82.6 Å².